The van der Waals surface area contributed by atoms with Crippen LogP contribution in [0.1, 0.15) is 17.5 Å². The Bertz CT molecular complexity index is 787. The van der Waals surface area contributed by atoms with Crippen LogP contribution in [0.2, 0.25) is 0 Å². The van der Waals surface area contributed by atoms with Crippen LogP contribution in [0, 0.1) is 11.8 Å². The van der Waals surface area contributed by atoms with Crippen molar-refractivity contribution in [3.8, 4) is 0 Å². The molecule has 2 aromatic heterocycles. The van der Waals surface area contributed by atoms with Crippen molar-refractivity contribution in [3.05, 3.63) is 34.5 Å². The van der Waals surface area contributed by atoms with E-state index in [0.29, 0.717) is 0 Å². The summed E-state index contributed by atoms with van der Waals surface area (Å²) < 4.78 is 31.7. The quantitative estimate of drug-likeness (QED) is 0.800. The molecule has 158 valence electrons. The molecule has 11 heteroatoms. The van der Waals surface area contributed by atoms with E-state index in [1.54, 1.807) is 11.3 Å². The molecule has 4 heterocycles. The van der Waals surface area contributed by atoms with E-state index < -0.39 is 12.1 Å². The highest BCUT2D eigenvalue weighted by molar-refractivity contribution is 7.09. The van der Waals surface area contributed by atoms with E-state index in [2.05, 4.69) is 37.1 Å². The first-order valence-corrected chi connectivity index (χ1v) is 10.1. The average molecular weight is 429 g/mol. The monoisotopic (exact) mass is 429 g/mol. The summed E-state index contributed by atoms with van der Waals surface area (Å²) in [7, 11) is 0. The highest BCUT2D eigenvalue weighted by Crippen LogP contribution is 2.33. The van der Waals surface area contributed by atoms with Gasteiger partial charge in [-0.25, -0.2) is 19.7 Å². The fraction of sp³-hybridized carbons (Fsp3) is 0.556. The number of carboxylic acids is 1. The normalized spacial score (nSPS) is 21.6. The molecule has 0 saturated carbocycles. The van der Waals surface area contributed by atoms with Crippen molar-refractivity contribution >= 4 is 23.3 Å². The number of hydrogen-bond acceptors (Lipinski definition) is 7. The third kappa shape index (κ3) is 5.63. The van der Waals surface area contributed by atoms with Gasteiger partial charge in [0.25, 0.3) is 0 Å². The van der Waals surface area contributed by atoms with Crippen LogP contribution in [0.4, 0.5) is 19.1 Å². The van der Waals surface area contributed by atoms with Gasteiger partial charge in [-0.2, -0.15) is 13.2 Å². The van der Waals surface area contributed by atoms with Gasteiger partial charge in [-0.1, -0.05) is 6.92 Å². The Morgan fingerprint density at radius 3 is 2.21 bits per heavy atom. The fourth-order valence-electron chi connectivity index (χ4n) is 3.60. The molecule has 0 aliphatic carbocycles. The van der Waals surface area contributed by atoms with Gasteiger partial charge >= 0.3 is 12.1 Å². The van der Waals surface area contributed by atoms with Crippen LogP contribution in [0.3, 0.4) is 0 Å². The molecule has 0 amide bonds. The first kappa shape index (κ1) is 21.4. The van der Waals surface area contributed by atoms with Gasteiger partial charge in [-0.05, 0) is 23.8 Å². The first-order chi connectivity index (χ1) is 13.8. The molecule has 0 unspecified atom stereocenters. The Morgan fingerprint density at radius 1 is 1.17 bits per heavy atom. The number of alkyl halides is 3. The summed E-state index contributed by atoms with van der Waals surface area (Å²) >= 11 is 1.76. The molecule has 0 aromatic carbocycles. The average Bonchev–Trinajstić information content (AvgIpc) is 3.38. The van der Waals surface area contributed by atoms with Gasteiger partial charge in [0.05, 0.1) is 6.54 Å². The van der Waals surface area contributed by atoms with Gasteiger partial charge < -0.3 is 10.0 Å². The number of aryl methyl sites for hydroxylation is 1. The molecule has 2 saturated heterocycles. The molecule has 29 heavy (non-hydrogen) atoms. The highest BCUT2D eigenvalue weighted by atomic mass is 32.1. The van der Waals surface area contributed by atoms with E-state index in [1.165, 1.54) is 23.7 Å². The summed E-state index contributed by atoms with van der Waals surface area (Å²) in [6.45, 7) is 7.67. The highest BCUT2D eigenvalue weighted by Gasteiger charge is 2.41. The number of fused-ring (bicyclic) bond motifs is 1. The van der Waals surface area contributed by atoms with Gasteiger partial charge in [-0.15, -0.1) is 11.3 Å². The lowest BCUT2D eigenvalue weighted by Crippen LogP contribution is -2.29. The largest absolute Gasteiger partial charge is 0.490 e. The van der Waals surface area contributed by atoms with E-state index in [9.17, 15) is 13.2 Å². The van der Waals surface area contributed by atoms with Crippen LogP contribution in [0.25, 0.3) is 0 Å². The summed E-state index contributed by atoms with van der Waals surface area (Å²) in [6, 6.07) is 0. The Kier molecular flexibility index (Phi) is 6.68. The van der Waals surface area contributed by atoms with E-state index in [0.717, 1.165) is 43.8 Å². The van der Waals surface area contributed by atoms with Crippen molar-refractivity contribution in [3.63, 3.8) is 0 Å². The standard InChI is InChI=1S/C16H21N5S.C2HF3O2/c1-2-12-5-18-16(19-6-12)21-9-13-7-20(8-14(13)10-21)11-15-17-3-4-22-15;3-2(4,5)1(6)7/h3-6,13-14H,2,7-11H2,1H3;(H,6,7)/t13-,14+;. The zero-order valence-electron chi connectivity index (χ0n) is 15.8. The second-order valence-corrected chi connectivity index (χ2v) is 8.07. The van der Waals surface area contributed by atoms with E-state index in [4.69, 9.17) is 9.90 Å². The van der Waals surface area contributed by atoms with Crippen molar-refractivity contribution in [1.82, 2.24) is 19.9 Å². The number of halogens is 3. The van der Waals surface area contributed by atoms with Crippen LogP contribution in [0.15, 0.2) is 24.0 Å². The Balaban J connectivity index is 0.000000298. The lowest BCUT2D eigenvalue weighted by Gasteiger charge is -2.20. The molecule has 2 atom stereocenters. The van der Waals surface area contributed by atoms with E-state index in [-0.39, 0.29) is 0 Å². The number of carbonyl (C=O) groups is 1. The predicted molar refractivity (Wildman–Crippen MR) is 102 cm³/mol. The predicted octanol–water partition coefficient (Wildman–Crippen LogP) is 2.70. The second kappa shape index (κ2) is 9.04. The maximum absolute atomic E-state index is 10.6. The number of likely N-dealkylation sites (tertiary alicyclic amines) is 1. The zero-order chi connectivity index (χ0) is 21.0. The number of hydrogen-bond donors (Lipinski definition) is 1. The molecular formula is C18H22F3N5O2S. The van der Waals surface area contributed by atoms with Gasteiger partial charge in [0.1, 0.15) is 5.01 Å². The fourth-order valence-corrected chi connectivity index (χ4v) is 4.26. The number of thiazole rings is 1. The molecule has 2 aliphatic rings. The molecule has 2 aliphatic heterocycles. The molecular weight excluding hydrogens is 407 g/mol. The smallest absolute Gasteiger partial charge is 0.475 e. The summed E-state index contributed by atoms with van der Waals surface area (Å²) in [5, 5.41) is 10.4. The van der Waals surface area contributed by atoms with Crippen LogP contribution < -0.4 is 4.90 Å². The number of rotatable bonds is 4. The number of nitrogens with zero attached hydrogens (tertiary/aromatic N) is 5. The number of carboxylic acid groups (broad SMARTS) is 1. The number of aromatic nitrogens is 3. The van der Waals surface area contributed by atoms with Crippen LogP contribution >= 0.6 is 11.3 Å². The Hall–Kier alpha value is -2.27. The molecule has 2 aromatic rings. The molecule has 2 fully saturated rings. The maximum atomic E-state index is 10.6. The Morgan fingerprint density at radius 2 is 1.76 bits per heavy atom. The molecule has 1 N–H and O–H groups in total. The zero-order valence-corrected chi connectivity index (χ0v) is 16.7. The van der Waals surface area contributed by atoms with Crippen molar-refractivity contribution in [1.29, 1.82) is 0 Å². The molecule has 7 nitrogen and oxygen atoms in total. The summed E-state index contributed by atoms with van der Waals surface area (Å²) in [5.41, 5.74) is 1.21. The molecule has 0 bridgehead atoms. The summed E-state index contributed by atoms with van der Waals surface area (Å²) in [4.78, 5) is 27.3. The lowest BCUT2D eigenvalue weighted by molar-refractivity contribution is -0.192. The second-order valence-electron chi connectivity index (χ2n) is 7.09. The topological polar surface area (TPSA) is 82.5 Å². The van der Waals surface area contributed by atoms with Gasteiger partial charge in [-0.3, -0.25) is 4.90 Å². The first-order valence-electron chi connectivity index (χ1n) is 9.23. The molecule has 4 rings (SSSR count). The van der Waals surface area contributed by atoms with Crippen molar-refractivity contribution in [2.75, 3.05) is 31.1 Å². The SMILES string of the molecule is CCc1cnc(N2C[C@H]3CN(Cc4nccs4)C[C@H]3C2)nc1.O=C(O)C(F)(F)F. The minimum atomic E-state index is -5.08. The van der Waals surface area contributed by atoms with Gasteiger partial charge in [0.2, 0.25) is 5.95 Å². The van der Waals surface area contributed by atoms with Crippen LogP contribution in [-0.4, -0.2) is 63.3 Å². The lowest BCUT2D eigenvalue weighted by atomic mass is 10.0. The van der Waals surface area contributed by atoms with Crippen molar-refractivity contribution in [2.24, 2.45) is 11.8 Å². The Labute approximate surface area is 170 Å². The number of aliphatic carboxylic acids is 1. The van der Waals surface area contributed by atoms with Crippen molar-refractivity contribution in [2.45, 2.75) is 26.1 Å². The summed E-state index contributed by atoms with van der Waals surface area (Å²) in [5.74, 6) is -0.366. The van der Waals surface area contributed by atoms with Crippen molar-refractivity contribution < 1.29 is 23.1 Å². The van der Waals surface area contributed by atoms with E-state index in [1.807, 2.05) is 18.6 Å². The summed E-state index contributed by atoms with van der Waals surface area (Å²) in [6.07, 6.45) is 1.74. The van der Waals surface area contributed by atoms with Crippen LogP contribution in [0.5, 0.6) is 0 Å². The van der Waals surface area contributed by atoms with E-state index >= 15 is 0 Å². The molecule has 0 spiro atoms. The van der Waals surface area contributed by atoms with Gasteiger partial charge in [0, 0.05) is 50.1 Å². The number of anilines is 1. The van der Waals surface area contributed by atoms with Crippen LogP contribution in [-0.2, 0) is 17.8 Å². The van der Waals surface area contributed by atoms with Gasteiger partial charge in [0.15, 0.2) is 0 Å². The minimum absolute atomic E-state index is 0.745. The third-order valence-electron chi connectivity index (χ3n) is 5.03. The third-order valence-corrected chi connectivity index (χ3v) is 5.79. The minimum Gasteiger partial charge on any atom is -0.475 e. The molecule has 0 radical (unpaired) electrons. The maximum Gasteiger partial charge on any atom is 0.490 e.